The molecule has 1 saturated heterocycles. The van der Waals surface area contributed by atoms with Crippen LogP contribution in [0.25, 0.3) is 11.0 Å². The molecule has 176 valence electrons. The number of hydrogen-bond acceptors (Lipinski definition) is 5. The number of rotatable bonds is 7. The van der Waals surface area contributed by atoms with Crippen LogP contribution < -0.4 is 15.5 Å². The molecule has 1 aromatic heterocycles. The smallest absolute Gasteiger partial charge is 0.287 e. The summed E-state index contributed by atoms with van der Waals surface area (Å²) in [5.74, 6) is 0.470. The van der Waals surface area contributed by atoms with Crippen LogP contribution in [0, 0.1) is 0 Å². The minimum Gasteiger partial charge on any atom is -0.497 e. The number of nitrogens with zero attached hydrogens (tertiary/aromatic N) is 1. The molecule has 1 amide bonds. The number of carbonyl (C=O) groups is 1. The number of halogens is 1. The third kappa shape index (κ3) is 5.75. The van der Waals surface area contributed by atoms with Crippen molar-refractivity contribution in [1.29, 1.82) is 0 Å². The molecule has 1 aliphatic rings. The Bertz CT molecular complexity index is 1140. The number of ether oxygens (including phenoxy) is 1. The van der Waals surface area contributed by atoms with Gasteiger partial charge in [0.15, 0.2) is 11.2 Å². The summed E-state index contributed by atoms with van der Waals surface area (Å²) in [4.78, 5) is 27.9. The molecular weight excluding hydrogens is 440 g/mol. The number of nitrogens with one attached hydrogen (secondary N) is 1. The molecule has 1 fully saturated rings. The van der Waals surface area contributed by atoms with E-state index in [2.05, 4.69) is 10.2 Å². The van der Waals surface area contributed by atoms with Crippen molar-refractivity contribution in [2.45, 2.75) is 38.6 Å². The van der Waals surface area contributed by atoms with Crippen molar-refractivity contribution in [3.63, 3.8) is 0 Å². The van der Waals surface area contributed by atoms with Gasteiger partial charge in [-0.15, -0.1) is 12.4 Å². The van der Waals surface area contributed by atoms with Crippen LogP contribution in [-0.4, -0.2) is 37.6 Å². The quantitative estimate of drug-likeness (QED) is 0.539. The number of likely N-dealkylation sites (tertiary alicyclic amines) is 1. The lowest BCUT2D eigenvalue weighted by Crippen LogP contribution is -2.40. The van der Waals surface area contributed by atoms with E-state index in [1.54, 1.807) is 13.2 Å². The molecule has 0 bridgehead atoms. The molecule has 0 aliphatic carbocycles. The Kier molecular flexibility index (Phi) is 8.53. The van der Waals surface area contributed by atoms with Crippen LogP contribution in [-0.2, 0) is 6.42 Å². The molecule has 1 aliphatic heterocycles. The van der Waals surface area contributed by atoms with Gasteiger partial charge in [0.25, 0.3) is 5.91 Å². The first kappa shape index (κ1) is 24.8. The van der Waals surface area contributed by atoms with Crippen molar-refractivity contribution in [3.05, 3.63) is 75.6 Å². The van der Waals surface area contributed by atoms with Gasteiger partial charge in [-0.1, -0.05) is 31.5 Å². The first-order chi connectivity index (χ1) is 15.6. The highest BCUT2D eigenvalue weighted by Crippen LogP contribution is 2.26. The maximum Gasteiger partial charge on any atom is 0.287 e. The van der Waals surface area contributed by atoms with Gasteiger partial charge in [0.2, 0.25) is 0 Å². The monoisotopic (exact) mass is 470 g/mol. The lowest BCUT2D eigenvalue weighted by Gasteiger charge is -2.35. The van der Waals surface area contributed by atoms with Crippen molar-refractivity contribution in [2.75, 3.05) is 26.7 Å². The normalized spacial score (nSPS) is 15.0. The highest BCUT2D eigenvalue weighted by molar-refractivity contribution is 5.93. The van der Waals surface area contributed by atoms with Gasteiger partial charge in [-0.05, 0) is 67.7 Å². The molecule has 0 spiro atoms. The van der Waals surface area contributed by atoms with Gasteiger partial charge in [-0.3, -0.25) is 14.5 Å². The fraction of sp³-hybridized carbons (Fsp3) is 0.385. The van der Waals surface area contributed by atoms with Gasteiger partial charge in [-0.25, -0.2) is 0 Å². The first-order valence-electron chi connectivity index (χ1n) is 11.3. The summed E-state index contributed by atoms with van der Waals surface area (Å²) in [6.07, 6.45) is 4.38. The van der Waals surface area contributed by atoms with Crippen molar-refractivity contribution in [1.82, 2.24) is 10.2 Å². The Morgan fingerprint density at radius 1 is 1.09 bits per heavy atom. The Morgan fingerprint density at radius 3 is 2.48 bits per heavy atom. The molecule has 2 heterocycles. The van der Waals surface area contributed by atoms with E-state index in [1.807, 2.05) is 43.3 Å². The molecule has 1 atom stereocenters. The minimum absolute atomic E-state index is 0. The second-order valence-electron chi connectivity index (χ2n) is 8.25. The summed E-state index contributed by atoms with van der Waals surface area (Å²) in [6.45, 7) is 4.46. The molecule has 7 heteroatoms. The fourth-order valence-electron chi connectivity index (χ4n) is 4.33. The highest BCUT2D eigenvalue weighted by Gasteiger charge is 2.24. The number of methoxy groups -OCH3 is 1. The minimum atomic E-state index is -0.376. The molecular formula is C26H31ClN2O4. The summed E-state index contributed by atoms with van der Waals surface area (Å²) >= 11 is 0. The van der Waals surface area contributed by atoms with E-state index in [4.69, 9.17) is 9.15 Å². The topological polar surface area (TPSA) is 71.8 Å². The third-order valence-corrected chi connectivity index (χ3v) is 6.21. The highest BCUT2D eigenvalue weighted by atomic mass is 35.5. The molecule has 0 saturated carbocycles. The van der Waals surface area contributed by atoms with Crippen molar-refractivity contribution >= 4 is 29.3 Å². The zero-order valence-corrected chi connectivity index (χ0v) is 20.0. The van der Waals surface area contributed by atoms with E-state index in [9.17, 15) is 9.59 Å². The molecule has 33 heavy (non-hydrogen) atoms. The van der Waals surface area contributed by atoms with Crippen LogP contribution in [0.5, 0.6) is 5.75 Å². The van der Waals surface area contributed by atoms with Crippen LogP contribution >= 0.6 is 12.4 Å². The summed E-state index contributed by atoms with van der Waals surface area (Å²) in [5.41, 5.74) is 2.42. The lowest BCUT2D eigenvalue weighted by atomic mass is 10.0. The predicted molar refractivity (Wildman–Crippen MR) is 133 cm³/mol. The number of fused-ring (bicyclic) bond motifs is 1. The van der Waals surface area contributed by atoms with Crippen LogP contribution in [0.15, 0.2) is 57.7 Å². The van der Waals surface area contributed by atoms with E-state index in [-0.39, 0.29) is 35.5 Å². The SMILES string of the molecule is CCc1ccc2oc(C(=O)NCC(c3ccc(OC)cc3)N3CCCCC3)cc(=O)c2c1.Cl. The van der Waals surface area contributed by atoms with Crippen LogP contribution in [0.3, 0.4) is 0 Å². The first-order valence-corrected chi connectivity index (χ1v) is 11.3. The lowest BCUT2D eigenvalue weighted by molar-refractivity contribution is 0.0897. The molecule has 0 radical (unpaired) electrons. The van der Waals surface area contributed by atoms with Gasteiger partial charge in [0.05, 0.1) is 18.5 Å². The number of piperidine rings is 1. The largest absolute Gasteiger partial charge is 0.497 e. The Labute approximate surface area is 200 Å². The van der Waals surface area contributed by atoms with Crippen LogP contribution in [0.4, 0.5) is 0 Å². The van der Waals surface area contributed by atoms with E-state index < -0.39 is 0 Å². The van der Waals surface area contributed by atoms with Crippen molar-refractivity contribution in [3.8, 4) is 5.75 Å². The molecule has 1 N–H and O–H groups in total. The maximum absolute atomic E-state index is 12.9. The van der Waals surface area contributed by atoms with E-state index >= 15 is 0 Å². The molecule has 2 aromatic carbocycles. The molecule has 1 unspecified atom stereocenters. The molecule has 4 rings (SSSR count). The number of hydrogen-bond donors (Lipinski definition) is 1. The van der Waals surface area contributed by atoms with E-state index in [0.717, 1.165) is 49.2 Å². The average molecular weight is 471 g/mol. The number of amides is 1. The summed E-state index contributed by atoms with van der Waals surface area (Å²) in [6, 6.07) is 14.8. The van der Waals surface area contributed by atoms with E-state index in [1.165, 1.54) is 12.5 Å². The predicted octanol–water partition coefficient (Wildman–Crippen LogP) is 4.74. The van der Waals surface area contributed by atoms with Crippen LogP contribution in [0.1, 0.15) is 53.9 Å². The van der Waals surface area contributed by atoms with Gasteiger partial charge in [-0.2, -0.15) is 0 Å². The Hall–Kier alpha value is -2.83. The molecule has 3 aromatic rings. The molecule has 6 nitrogen and oxygen atoms in total. The second kappa shape index (κ2) is 11.3. The number of carbonyl (C=O) groups excluding carboxylic acids is 1. The van der Waals surface area contributed by atoms with Gasteiger partial charge >= 0.3 is 0 Å². The third-order valence-electron chi connectivity index (χ3n) is 6.21. The Balaban J connectivity index is 0.00000306. The van der Waals surface area contributed by atoms with E-state index in [0.29, 0.717) is 17.5 Å². The van der Waals surface area contributed by atoms with Crippen LogP contribution in [0.2, 0.25) is 0 Å². The zero-order chi connectivity index (χ0) is 22.5. The Morgan fingerprint density at radius 2 is 1.82 bits per heavy atom. The second-order valence-corrected chi connectivity index (χ2v) is 8.25. The van der Waals surface area contributed by atoms with Gasteiger partial charge < -0.3 is 14.5 Å². The fourth-order valence-corrected chi connectivity index (χ4v) is 4.33. The summed E-state index contributed by atoms with van der Waals surface area (Å²) in [7, 11) is 1.65. The number of benzene rings is 2. The van der Waals surface area contributed by atoms with Gasteiger partial charge in [0.1, 0.15) is 11.3 Å². The van der Waals surface area contributed by atoms with Gasteiger partial charge in [0, 0.05) is 12.6 Å². The zero-order valence-electron chi connectivity index (χ0n) is 19.1. The average Bonchev–Trinajstić information content (AvgIpc) is 2.84. The number of aryl methyl sites for hydroxylation is 1. The summed E-state index contributed by atoms with van der Waals surface area (Å²) in [5, 5.41) is 3.50. The summed E-state index contributed by atoms with van der Waals surface area (Å²) < 4.78 is 11.1. The van der Waals surface area contributed by atoms with Crippen molar-refractivity contribution in [2.24, 2.45) is 0 Å². The standard InChI is InChI=1S/C26H30N2O4.ClH/c1-3-18-7-12-24-21(15-18)23(29)16-25(32-24)26(30)27-17-22(28-13-5-4-6-14-28)19-8-10-20(31-2)11-9-19;/h7-12,15-16,22H,3-6,13-14,17H2,1-2H3,(H,27,30);1H. The maximum atomic E-state index is 12.9. The van der Waals surface area contributed by atoms with Crippen molar-refractivity contribution < 1.29 is 13.9 Å².